The third kappa shape index (κ3) is 6.54. The number of amides is 1. The van der Waals surface area contributed by atoms with Gasteiger partial charge in [0.1, 0.15) is 5.71 Å². The Labute approximate surface area is 211 Å². The summed E-state index contributed by atoms with van der Waals surface area (Å²) in [5.74, 6) is 0.768. The van der Waals surface area contributed by atoms with Crippen LogP contribution in [-0.2, 0) is 4.79 Å². The summed E-state index contributed by atoms with van der Waals surface area (Å²) in [6, 6.07) is 9.11. The second-order valence-corrected chi connectivity index (χ2v) is 10.00. The van der Waals surface area contributed by atoms with Gasteiger partial charge in [0.2, 0.25) is 5.95 Å². The van der Waals surface area contributed by atoms with Gasteiger partial charge in [-0.25, -0.2) is 9.98 Å². The zero-order valence-electron chi connectivity index (χ0n) is 21.0. The molecule has 1 N–H and O–H groups in total. The molecular formula is C25H36BrN7O. The number of hydrogen-bond acceptors (Lipinski definition) is 7. The van der Waals surface area contributed by atoms with Crippen molar-refractivity contribution in [2.75, 3.05) is 44.4 Å². The lowest BCUT2D eigenvalue weighted by Crippen LogP contribution is -2.41. The number of rotatable bonds is 8. The number of nitrogens with zero attached hydrogens (tertiary/aromatic N) is 6. The van der Waals surface area contributed by atoms with E-state index >= 15 is 0 Å². The molecule has 0 spiro atoms. The summed E-state index contributed by atoms with van der Waals surface area (Å²) in [5.41, 5.74) is 2.59. The average molecular weight is 531 g/mol. The molecule has 1 amide bonds. The van der Waals surface area contributed by atoms with Crippen LogP contribution >= 0.6 is 15.9 Å². The van der Waals surface area contributed by atoms with Gasteiger partial charge >= 0.3 is 0 Å². The quantitative estimate of drug-likeness (QED) is 0.492. The van der Waals surface area contributed by atoms with E-state index in [9.17, 15) is 4.79 Å². The summed E-state index contributed by atoms with van der Waals surface area (Å²) in [4.78, 5) is 32.6. The highest BCUT2D eigenvalue weighted by Crippen LogP contribution is 2.27. The fourth-order valence-electron chi connectivity index (χ4n) is 3.87. The summed E-state index contributed by atoms with van der Waals surface area (Å²) >= 11 is 3.46. The van der Waals surface area contributed by atoms with Crippen molar-refractivity contribution in [1.29, 1.82) is 0 Å². The first-order valence-electron chi connectivity index (χ1n) is 11.8. The van der Waals surface area contributed by atoms with Crippen molar-refractivity contribution in [2.45, 2.75) is 52.1 Å². The zero-order chi connectivity index (χ0) is 24.8. The number of aliphatic imine (C=N–C) groups is 1. The molecule has 0 radical (unpaired) electrons. The summed E-state index contributed by atoms with van der Waals surface area (Å²) in [6.45, 7) is 8.01. The molecule has 1 saturated heterocycles. The largest absolute Gasteiger partial charge is 0.371 e. The van der Waals surface area contributed by atoms with Crippen LogP contribution in [0.15, 0.2) is 39.9 Å². The van der Waals surface area contributed by atoms with Crippen molar-refractivity contribution < 1.29 is 4.79 Å². The molecule has 0 atom stereocenters. The minimum atomic E-state index is -0.0947. The van der Waals surface area contributed by atoms with Gasteiger partial charge in [0.25, 0.3) is 5.91 Å². The minimum Gasteiger partial charge on any atom is -0.371 e. The van der Waals surface area contributed by atoms with Gasteiger partial charge in [-0.3, -0.25) is 4.79 Å². The fourth-order valence-corrected chi connectivity index (χ4v) is 4.15. The second-order valence-electron chi connectivity index (χ2n) is 9.14. The first kappa shape index (κ1) is 26.1. The highest BCUT2D eigenvalue weighted by molar-refractivity contribution is 9.10. The zero-order valence-corrected chi connectivity index (χ0v) is 22.6. The molecule has 1 aliphatic rings. The molecule has 0 unspecified atom stereocenters. The van der Waals surface area contributed by atoms with Crippen LogP contribution in [0.5, 0.6) is 0 Å². The number of carbonyl (C=O) groups excluding carboxylic acids is 1. The van der Waals surface area contributed by atoms with Gasteiger partial charge in [-0.05, 0) is 87.4 Å². The number of halogens is 1. The number of piperidine rings is 1. The van der Waals surface area contributed by atoms with Crippen molar-refractivity contribution in [3.05, 3.63) is 34.9 Å². The summed E-state index contributed by atoms with van der Waals surface area (Å²) in [5, 5.41) is 3.25. The highest BCUT2D eigenvalue weighted by Gasteiger charge is 2.21. The average Bonchev–Trinajstić information content (AvgIpc) is 2.83. The molecule has 1 aliphatic heterocycles. The topological polar surface area (TPSA) is 77.0 Å². The number of benzene rings is 1. The second kappa shape index (κ2) is 11.8. The first-order valence-corrected chi connectivity index (χ1v) is 12.6. The van der Waals surface area contributed by atoms with Crippen LogP contribution in [0, 0.1) is 0 Å². The van der Waals surface area contributed by atoms with E-state index in [2.05, 4.69) is 72.2 Å². The molecule has 1 aromatic carbocycles. The molecule has 34 heavy (non-hydrogen) atoms. The van der Waals surface area contributed by atoms with E-state index in [0.717, 1.165) is 18.8 Å². The molecule has 3 rings (SSSR count). The molecule has 0 bridgehead atoms. The molecular weight excluding hydrogens is 494 g/mol. The lowest BCUT2D eigenvalue weighted by atomic mass is 10.0. The summed E-state index contributed by atoms with van der Waals surface area (Å²) < 4.78 is 0.639. The van der Waals surface area contributed by atoms with Crippen molar-refractivity contribution in [3.8, 4) is 0 Å². The van der Waals surface area contributed by atoms with Crippen LogP contribution in [0.1, 0.15) is 40.0 Å². The van der Waals surface area contributed by atoms with E-state index in [1.54, 1.807) is 18.1 Å². The van der Waals surface area contributed by atoms with Crippen LogP contribution in [0.3, 0.4) is 0 Å². The molecule has 2 aromatic rings. The maximum Gasteiger partial charge on any atom is 0.268 e. The van der Waals surface area contributed by atoms with E-state index in [0.29, 0.717) is 34.4 Å². The fraction of sp³-hybridized carbons (Fsp3) is 0.520. The van der Waals surface area contributed by atoms with E-state index in [4.69, 9.17) is 0 Å². The molecule has 0 aliphatic carbocycles. The first-order chi connectivity index (χ1) is 16.2. The molecule has 8 nitrogen and oxygen atoms in total. The molecule has 1 fully saturated rings. The van der Waals surface area contributed by atoms with Gasteiger partial charge in [0, 0.05) is 49.8 Å². The van der Waals surface area contributed by atoms with Gasteiger partial charge in [0.05, 0.1) is 4.47 Å². The normalized spacial score (nSPS) is 15.2. The van der Waals surface area contributed by atoms with Crippen LogP contribution in [0.4, 0.5) is 23.1 Å². The maximum absolute atomic E-state index is 12.7. The maximum atomic E-state index is 12.7. The van der Waals surface area contributed by atoms with E-state index < -0.39 is 0 Å². The predicted octanol–water partition coefficient (Wildman–Crippen LogP) is 4.86. The third-order valence-corrected chi connectivity index (χ3v) is 6.89. The Hall–Kier alpha value is -2.52. The van der Waals surface area contributed by atoms with E-state index in [-0.39, 0.29) is 11.9 Å². The Kier molecular flexibility index (Phi) is 9.02. The van der Waals surface area contributed by atoms with Gasteiger partial charge in [0.15, 0.2) is 5.82 Å². The monoisotopic (exact) mass is 529 g/mol. The number of nitrogens with one attached hydrogen (secondary N) is 1. The van der Waals surface area contributed by atoms with Crippen molar-refractivity contribution in [2.24, 2.45) is 4.99 Å². The Morgan fingerprint density at radius 3 is 2.41 bits per heavy atom. The van der Waals surface area contributed by atoms with Crippen LogP contribution in [0.2, 0.25) is 0 Å². The van der Waals surface area contributed by atoms with E-state index in [1.807, 2.05) is 32.9 Å². The molecule has 1 aromatic heterocycles. The van der Waals surface area contributed by atoms with Crippen molar-refractivity contribution in [3.63, 3.8) is 0 Å². The Morgan fingerprint density at radius 1 is 1.21 bits per heavy atom. The standard InChI is InChI=1S/C25H36BrN7O/c1-7-22(24(34)32(6)17(2)3)29-23-21(26)16-27-25(30-23)28-18-8-10-20(11-9-18)33-14-12-19(13-15-33)31(4)5/h8-11,16-17,19H,7,12-15H2,1-6H3,(H,27,28,30). The smallest absolute Gasteiger partial charge is 0.268 e. The Morgan fingerprint density at radius 2 is 1.85 bits per heavy atom. The van der Waals surface area contributed by atoms with Gasteiger partial charge in [-0.1, -0.05) is 6.92 Å². The minimum absolute atomic E-state index is 0.0947. The number of aromatic nitrogens is 2. The van der Waals surface area contributed by atoms with Crippen molar-refractivity contribution >= 4 is 50.7 Å². The van der Waals surface area contributed by atoms with Crippen LogP contribution < -0.4 is 10.2 Å². The molecule has 9 heteroatoms. The Bertz CT molecular complexity index is 999. The lowest BCUT2D eigenvalue weighted by Gasteiger charge is -2.36. The predicted molar refractivity (Wildman–Crippen MR) is 144 cm³/mol. The number of hydrogen-bond donors (Lipinski definition) is 1. The summed E-state index contributed by atoms with van der Waals surface area (Å²) in [7, 11) is 6.10. The number of carbonyl (C=O) groups is 1. The van der Waals surface area contributed by atoms with Crippen LogP contribution in [0.25, 0.3) is 0 Å². The SMILES string of the molecule is CCC(=Nc1nc(Nc2ccc(N3CCC(N(C)C)CC3)cc2)ncc1Br)C(=O)N(C)C(C)C. The number of anilines is 3. The van der Waals surface area contributed by atoms with Crippen LogP contribution in [-0.4, -0.2) is 77.7 Å². The molecule has 0 saturated carbocycles. The van der Waals surface area contributed by atoms with Gasteiger partial charge in [-0.15, -0.1) is 0 Å². The lowest BCUT2D eigenvalue weighted by molar-refractivity contribution is -0.124. The molecule has 184 valence electrons. The summed E-state index contributed by atoms with van der Waals surface area (Å²) in [6.07, 6.45) is 4.53. The van der Waals surface area contributed by atoms with Gasteiger partial charge in [-0.2, -0.15) is 4.98 Å². The molecule has 2 heterocycles. The highest BCUT2D eigenvalue weighted by atomic mass is 79.9. The van der Waals surface area contributed by atoms with Crippen molar-refractivity contribution in [1.82, 2.24) is 19.8 Å². The Balaban J connectivity index is 1.71. The van der Waals surface area contributed by atoms with E-state index in [1.165, 1.54) is 18.5 Å². The van der Waals surface area contributed by atoms with Gasteiger partial charge < -0.3 is 20.0 Å². The third-order valence-electron chi connectivity index (χ3n) is 6.33.